The molecule has 3 nitrogen and oxygen atoms in total. The van der Waals surface area contributed by atoms with Crippen molar-refractivity contribution in [1.29, 1.82) is 0 Å². The van der Waals surface area contributed by atoms with Gasteiger partial charge < -0.3 is 0 Å². The lowest BCUT2D eigenvalue weighted by molar-refractivity contribution is 0.577. The molecule has 0 fully saturated rings. The van der Waals surface area contributed by atoms with E-state index in [0.29, 0.717) is 5.39 Å². The third kappa shape index (κ3) is 1.96. The van der Waals surface area contributed by atoms with Crippen LogP contribution in [0.2, 0.25) is 5.15 Å². The van der Waals surface area contributed by atoms with Crippen molar-refractivity contribution >= 4 is 22.4 Å². The highest BCUT2D eigenvalue weighted by Crippen LogP contribution is 2.19. The maximum Gasteiger partial charge on any atom is 0.266 e. The Morgan fingerprint density at radius 2 is 1.95 bits per heavy atom. The second kappa shape index (κ2) is 4.68. The van der Waals surface area contributed by atoms with E-state index in [1.165, 1.54) is 18.5 Å². The molecule has 0 unspecified atom stereocenters. The summed E-state index contributed by atoms with van der Waals surface area (Å²) < 4.78 is 27.8. The van der Waals surface area contributed by atoms with E-state index >= 15 is 0 Å². The number of nitrogens with zero attached hydrogens (tertiary/aromatic N) is 2. The van der Waals surface area contributed by atoms with E-state index in [-0.39, 0.29) is 16.2 Å². The van der Waals surface area contributed by atoms with Crippen LogP contribution in [0.5, 0.6) is 0 Å². The molecule has 0 aliphatic heterocycles. The smallest absolute Gasteiger partial charge is 0.266 e. The van der Waals surface area contributed by atoms with Crippen molar-refractivity contribution in [3.8, 4) is 5.69 Å². The largest absolute Gasteiger partial charge is 0.281 e. The molecular weight excluding hydrogens is 286 g/mol. The Hall–Kier alpha value is -2.27. The highest BCUT2D eigenvalue weighted by molar-refractivity contribution is 6.34. The molecule has 2 aromatic heterocycles. The maximum absolute atomic E-state index is 13.8. The predicted octanol–water partition coefficient (Wildman–Crippen LogP) is 3.32. The fraction of sp³-hybridized carbons (Fsp3) is 0. The Balaban J connectivity index is 2.35. The Labute approximate surface area is 117 Å². The van der Waals surface area contributed by atoms with E-state index in [0.717, 1.165) is 16.7 Å². The number of fused-ring (bicyclic) bond motifs is 1. The van der Waals surface area contributed by atoms with Crippen molar-refractivity contribution in [3.05, 3.63) is 69.9 Å². The number of aromatic nitrogens is 2. The third-order valence-electron chi connectivity index (χ3n) is 2.94. The first-order valence-electron chi connectivity index (χ1n) is 5.69. The van der Waals surface area contributed by atoms with Crippen LogP contribution in [0, 0.1) is 11.6 Å². The summed E-state index contributed by atoms with van der Waals surface area (Å²) in [5.41, 5.74) is -0.552. The number of hydrogen-bond donors (Lipinski definition) is 0. The zero-order chi connectivity index (χ0) is 14.3. The SMILES string of the molecule is O=c1c2c(Cl)nccc2ccn1-c1ccc(F)cc1F. The molecule has 0 saturated carbocycles. The van der Waals surface area contributed by atoms with Crippen LogP contribution in [0.1, 0.15) is 0 Å². The average molecular weight is 293 g/mol. The first kappa shape index (κ1) is 12.7. The highest BCUT2D eigenvalue weighted by atomic mass is 35.5. The van der Waals surface area contributed by atoms with Gasteiger partial charge in [-0.15, -0.1) is 0 Å². The van der Waals surface area contributed by atoms with Crippen LogP contribution in [0.25, 0.3) is 16.5 Å². The lowest BCUT2D eigenvalue weighted by Gasteiger charge is -2.08. The van der Waals surface area contributed by atoms with E-state index in [1.54, 1.807) is 12.1 Å². The van der Waals surface area contributed by atoms with E-state index in [2.05, 4.69) is 4.98 Å². The second-order valence-corrected chi connectivity index (χ2v) is 4.51. The fourth-order valence-corrected chi connectivity index (χ4v) is 2.26. The Morgan fingerprint density at radius 3 is 2.70 bits per heavy atom. The highest BCUT2D eigenvalue weighted by Gasteiger charge is 2.12. The summed E-state index contributed by atoms with van der Waals surface area (Å²) >= 11 is 5.91. The van der Waals surface area contributed by atoms with Crippen LogP contribution in [-0.4, -0.2) is 9.55 Å². The van der Waals surface area contributed by atoms with Gasteiger partial charge in [-0.3, -0.25) is 9.36 Å². The first-order chi connectivity index (χ1) is 9.58. The minimum Gasteiger partial charge on any atom is -0.281 e. The second-order valence-electron chi connectivity index (χ2n) is 4.15. The summed E-state index contributed by atoms with van der Waals surface area (Å²) in [5.74, 6) is -1.54. The first-order valence-corrected chi connectivity index (χ1v) is 6.07. The molecule has 0 spiro atoms. The van der Waals surface area contributed by atoms with Crippen LogP contribution in [0.15, 0.2) is 47.5 Å². The Bertz CT molecular complexity index is 877. The van der Waals surface area contributed by atoms with Gasteiger partial charge in [-0.1, -0.05) is 11.6 Å². The van der Waals surface area contributed by atoms with Crippen molar-refractivity contribution in [2.75, 3.05) is 0 Å². The summed E-state index contributed by atoms with van der Waals surface area (Å²) in [6.07, 6.45) is 2.89. The fourth-order valence-electron chi connectivity index (χ4n) is 2.01. The van der Waals surface area contributed by atoms with Gasteiger partial charge in [0.25, 0.3) is 5.56 Å². The van der Waals surface area contributed by atoms with Gasteiger partial charge >= 0.3 is 0 Å². The zero-order valence-electron chi connectivity index (χ0n) is 9.98. The molecule has 2 heterocycles. The molecular formula is C14H7ClF2N2O. The van der Waals surface area contributed by atoms with E-state index in [1.807, 2.05) is 0 Å². The summed E-state index contributed by atoms with van der Waals surface area (Å²) in [5, 5.41) is 0.846. The van der Waals surface area contributed by atoms with Crippen molar-refractivity contribution in [2.45, 2.75) is 0 Å². The van der Waals surface area contributed by atoms with Crippen LogP contribution in [0.3, 0.4) is 0 Å². The van der Waals surface area contributed by atoms with Gasteiger partial charge in [-0.2, -0.15) is 0 Å². The summed E-state index contributed by atoms with van der Waals surface area (Å²) in [6, 6.07) is 6.25. The number of halogens is 3. The molecule has 0 atom stereocenters. The van der Waals surface area contributed by atoms with E-state index < -0.39 is 17.2 Å². The van der Waals surface area contributed by atoms with Gasteiger partial charge in [-0.25, -0.2) is 13.8 Å². The van der Waals surface area contributed by atoms with E-state index in [4.69, 9.17) is 11.6 Å². The molecule has 0 amide bonds. The topological polar surface area (TPSA) is 34.9 Å². The lowest BCUT2D eigenvalue weighted by atomic mass is 10.2. The van der Waals surface area contributed by atoms with Crippen LogP contribution in [-0.2, 0) is 0 Å². The third-order valence-corrected chi connectivity index (χ3v) is 3.23. The van der Waals surface area contributed by atoms with Crippen molar-refractivity contribution in [2.24, 2.45) is 0 Å². The van der Waals surface area contributed by atoms with Gasteiger partial charge in [0, 0.05) is 18.5 Å². The minimum atomic E-state index is -0.827. The van der Waals surface area contributed by atoms with Crippen molar-refractivity contribution in [1.82, 2.24) is 9.55 Å². The molecule has 100 valence electrons. The molecule has 3 rings (SSSR count). The monoisotopic (exact) mass is 292 g/mol. The van der Waals surface area contributed by atoms with Crippen LogP contribution < -0.4 is 5.56 Å². The lowest BCUT2D eigenvalue weighted by Crippen LogP contribution is -2.19. The van der Waals surface area contributed by atoms with Gasteiger partial charge in [0.15, 0.2) is 0 Å². The molecule has 1 aromatic carbocycles. The average Bonchev–Trinajstić information content (AvgIpc) is 2.40. The predicted molar refractivity (Wildman–Crippen MR) is 72.3 cm³/mol. The van der Waals surface area contributed by atoms with Crippen LogP contribution in [0.4, 0.5) is 8.78 Å². The van der Waals surface area contributed by atoms with Gasteiger partial charge in [0.05, 0.1) is 11.1 Å². The van der Waals surface area contributed by atoms with Gasteiger partial charge in [0.2, 0.25) is 0 Å². The Kier molecular flexibility index (Phi) is 2.99. The molecule has 6 heteroatoms. The summed E-state index contributed by atoms with van der Waals surface area (Å²) in [4.78, 5) is 16.2. The number of pyridine rings is 2. The summed E-state index contributed by atoms with van der Waals surface area (Å²) in [6.45, 7) is 0. The Morgan fingerprint density at radius 1 is 1.15 bits per heavy atom. The molecule has 20 heavy (non-hydrogen) atoms. The number of hydrogen-bond acceptors (Lipinski definition) is 2. The van der Waals surface area contributed by atoms with Crippen molar-refractivity contribution < 1.29 is 8.78 Å². The maximum atomic E-state index is 13.8. The van der Waals surface area contributed by atoms with Gasteiger partial charge in [0.1, 0.15) is 16.8 Å². The summed E-state index contributed by atoms with van der Waals surface area (Å²) in [7, 11) is 0. The van der Waals surface area contributed by atoms with Crippen molar-refractivity contribution in [3.63, 3.8) is 0 Å². The number of rotatable bonds is 1. The molecule has 0 saturated heterocycles. The molecule has 0 bridgehead atoms. The molecule has 0 N–H and O–H groups in total. The molecule has 3 aromatic rings. The van der Waals surface area contributed by atoms with E-state index in [9.17, 15) is 13.6 Å². The van der Waals surface area contributed by atoms with Crippen LogP contribution >= 0.6 is 11.6 Å². The number of benzene rings is 1. The minimum absolute atomic E-state index is 0.0433. The van der Waals surface area contributed by atoms with Gasteiger partial charge in [-0.05, 0) is 29.7 Å². The molecule has 0 aliphatic rings. The standard InChI is InChI=1S/C14H7ClF2N2O/c15-13-12-8(3-5-18-13)4-6-19(14(12)20)11-2-1-9(16)7-10(11)17/h1-7H. The molecule has 0 radical (unpaired) electrons. The molecule has 0 aliphatic carbocycles. The zero-order valence-corrected chi connectivity index (χ0v) is 10.7. The quantitative estimate of drug-likeness (QED) is 0.645. The normalized spacial score (nSPS) is 10.9.